The zero-order valence-corrected chi connectivity index (χ0v) is 17.5. The van der Waals surface area contributed by atoms with Crippen LogP contribution in [-0.2, 0) is 17.4 Å². The van der Waals surface area contributed by atoms with Crippen LogP contribution in [0.1, 0.15) is 16.8 Å². The highest BCUT2D eigenvalue weighted by Gasteiger charge is 2.34. The predicted octanol–water partition coefficient (Wildman–Crippen LogP) is 5.11. The molecule has 0 aliphatic rings. The van der Waals surface area contributed by atoms with Gasteiger partial charge in [0.05, 0.1) is 23.9 Å². The average Bonchev–Trinajstić information content (AvgIpc) is 2.79. The molecule has 0 aliphatic heterocycles. The number of alkyl halides is 3. The van der Waals surface area contributed by atoms with Crippen LogP contribution in [0.15, 0.2) is 73.4 Å². The molecule has 0 bridgehead atoms. The van der Waals surface area contributed by atoms with E-state index in [-0.39, 0.29) is 23.4 Å². The van der Waals surface area contributed by atoms with Crippen LogP contribution in [-0.4, -0.2) is 25.8 Å². The lowest BCUT2D eigenvalue weighted by molar-refractivity contribution is -0.137. The fraction of sp³-hybridized carbons (Fsp3) is 0.125. The summed E-state index contributed by atoms with van der Waals surface area (Å²) in [6.45, 7) is 1.71. The summed E-state index contributed by atoms with van der Waals surface area (Å²) >= 11 is 0. The Morgan fingerprint density at radius 3 is 2.42 bits per heavy atom. The van der Waals surface area contributed by atoms with Crippen molar-refractivity contribution in [2.24, 2.45) is 0 Å². The fourth-order valence-electron chi connectivity index (χ4n) is 3.34. The number of benzene rings is 1. The fourth-order valence-corrected chi connectivity index (χ4v) is 3.34. The van der Waals surface area contributed by atoms with Crippen molar-refractivity contribution in [1.82, 2.24) is 19.9 Å². The van der Waals surface area contributed by atoms with E-state index in [2.05, 4.69) is 25.3 Å². The van der Waals surface area contributed by atoms with Gasteiger partial charge in [0, 0.05) is 36.0 Å². The molecule has 6 nitrogen and oxygen atoms in total. The number of anilines is 1. The number of nitrogens with zero attached hydrogens (tertiary/aromatic N) is 4. The summed E-state index contributed by atoms with van der Waals surface area (Å²) in [6.07, 6.45) is 2.90. The molecule has 4 rings (SSSR count). The summed E-state index contributed by atoms with van der Waals surface area (Å²) in [7, 11) is 0. The van der Waals surface area contributed by atoms with Crippen molar-refractivity contribution in [2.75, 3.05) is 5.32 Å². The van der Waals surface area contributed by atoms with Crippen molar-refractivity contribution in [2.45, 2.75) is 19.5 Å². The second-order valence-electron chi connectivity index (χ2n) is 7.31. The van der Waals surface area contributed by atoms with Crippen LogP contribution in [0.25, 0.3) is 22.4 Å². The number of amides is 1. The van der Waals surface area contributed by atoms with Gasteiger partial charge in [0.1, 0.15) is 5.82 Å². The lowest BCUT2D eigenvalue weighted by Gasteiger charge is -2.15. The second kappa shape index (κ2) is 9.15. The molecular formula is C24H18F3N5O. The Morgan fingerprint density at radius 2 is 1.76 bits per heavy atom. The summed E-state index contributed by atoms with van der Waals surface area (Å²) in [5.41, 5.74) is 1.86. The Hall–Kier alpha value is -4.14. The first-order valence-electron chi connectivity index (χ1n) is 9.95. The standard InChI is InChI=1S/C24H18F3N5O/c1-15-10-17(6-7-29-15)19-4-2-16(11-20(19)24(25,26)27)12-23(33)32-22-5-3-18(13-31-22)21-14-28-8-9-30-21/h2-11,13-14H,12H2,1H3,(H,31,32,33). The molecular weight excluding hydrogens is 431 g/mol. The van der Waals surface area contributed by atoms with Gasteiger partial charge >= 0.3 is 6.18 Å². The van der Waals surface area contributed by atoms with Crippen molar-refractivity contribution in [3.63, 3.8) is 0 Å². The van der Waals surface area contributed by atoms with Crippen LogP contribution in [0.5, 0.6) is 0 Å². The molecule has 0 saturated heterocycles. The van der Waals surface area contributed by atoms with E-state index in [0.29, 0.717) is 17.0 Å². The Balaban J connectivity index is 1.51. The quantitative estimate of drug-likeness (QED) is 0.458. The summed E-state index contributed by atoms with van der Waals surface area (Å²) in [5.74, 6) is -0.192. The molecule has 0 saturated carbocycles. The Morgan fingerprint density at radius 1 is 0.909 bits per heavy atom. The van der Waals surface area contributed by atoms with Crippen molar-refractivity contribution in [3.8, 4) is 22.4 Å². The van der Waals surface area contributed by atoms with Gasteiger partial charge in [-0.05, 0) is 53.9 Å². The minimum absolute atomic E-state index is 0.0402. The largest absolute Gasteiger partial charge is 0.417 e. The van der Waals surface area contributed by atoms with Crippen LogP contribution in [0.4, 0.5) is 19.0 Å². The molecule has 1 aromatic carbocycles. The molecule has 0 aliphatic carbocycles. The molecule has 0 fully saturated rings. The van der Waals surface area contributed by atoms with E-state index >= 15 is 0 Å². The van der Waals surface area contributed by atoms with Gasteiger partial charge in [-0.3, -0.25) is 19.7 Å². The zero-order valence-electron chi connectivity index (χ0n) is 17.5. The number of carbonyl (C=O) groups excluding carboxylic acids is 1. The molecule has 1 amide bonds. The number of nitrogens with one attached hydrogen (secondary N) is 1. The van der Waals surface area contributed by atoms with Crippen LogP contribution < -0.4 is 5.32 Å². The number of halogens is 3. The highest BCUT2D eigenvalue weighted by Crippen LogP contribution is 2.38. The van der Waals surface area contributed by atoms with E-state index in [0.717, 1.165) is 11.6 Å². The third kappa shape index (κ3) is 5.38. The highest BCUT2D eigenvalue weighted by atomic mass is 19.4. The van der Waals surface area contributed by atoms with E-state index < -0.39 is 17.6 Å². The van der Waals surface area contributed by atoms with Gasteiger partial charge in [0.2, 0.25) is 5.91 Å². The van der Waals surface area contributed by atoms with E-state index in [9.17, 15) is 18.0 Å². The maximum atomic E-state index is 13.7. The minimum atomic E-state index is -4.57. The summed E-state index contributed by atoms with van der Waals surface area (Å²) < 4.78 is 41.2. The predicted molar refractivity (Wildman–Crippen MR) is 117 cm³/mol. The Bertz CT molecular complexity index is 1280. The molecule has 3 aromatic heterocycles. The minimum Gasteiger partial charge on any atom is -0.310 e. The third-order valence-electron chi connectivity index (χ3n) is 4.85. The first-order chi connectivity index (χ1) is 15.8. The van der Waals surface area contributed by atoms with Gasteiger partial charge in [-0.1, -0.05) is 12.1 Å². The highest BCUT2D eigenvalue weighted by molar-refractivity contribution is 5.91. The zero-order chi connectivity index (χ0) is 23.4. The summed E-state index contributed by atoms with van der Waals surface area (Å²) in [5, 5.41) is 2.61. The molecule has 0 unspecified atom stereocenters. The number of aromatic nitrogens is 4. The first-order valence-corrected chi connectivity index (χ1v) is 9.95. The van der Waals surface area contributed by atoms with Crippen molar-refractivity contribution in [3.05, 3.63) is 90.3 Å². The van der Waals surface area contributed by atoms with Gasteiger partial charge in [-0.2, -0.15) is 13.2 Å². The number of rotatable bonds is 5. The van der Waals surface area contributed by atoms with E-state index in [1.165, 1.54) is 30.6 Å². The molecule has 4 aromatic rings. The first kappa shape index (κ1) is 22.1. The molecule has 3 heterocycles. The van der Waals surface area contributed by atoms with Crippen molar-refractivity contribution < 1.29 is 18.0 Å². The van der Waals surface area contributed by atoms with E-state index in [1.54, 1.807) is 43.7 Å². The smallest absolute Gasteiger partial charge is 0.310 e. The summed E-state index contributed by atoms with van der Waals surface area (Å²) in [6, 6.07) is 10.3. The molecule has 33 heavy (non-hydrogen) atoms. The van der Waals surface area contributed by atoms with Crippen LogP contribution in [0, 0.1) is 6.92 Å². The molecule has 9 heteroatoms. The topological polar surface area (TPSA) is 80.7 Å². The van der Waals surface area contributed by atoms with Gasteiger partial charge in [-0.25, -0.2) is 4.98 Å². The van der Waals surface area contributed by atoms with E-state index in [4.69, 9.17) is 0 Å². The molecule has 166 valence electrons. The van der Waals surface area contributed by atoms with Crippen LogP contribution in [0.3, 0.4) is 0 Å². The van der Waals surface area contributed by atoms with Crippen molar-refractivity contribution >= 4 is 11.7 Å². The number of hydrogen-bond donors (Lipinski definition) is 1. The van der Waals surface area contributed by atoms with Crippen LogP contribution >= 0.6 is 0 Å². The number of carbonyl (C=O) groups is 1. The summed E-state index contributed by atoms with van der Waals surface area (Å²) in [4.78, 5) is 28.8. The maximum absolute atomic E-state index is 13.7. The lowest BCUT2D eigenvalue weighted by atomic mass is 9.96. The molecule has 0 radical (unpaired) electrons. The number of hydrogen-bond acceptors (Lipinski definition) is 5. The van der Waals surface area contributed by atoms with Gasteiger partial charge in [-0.15, -0.1) is 0 Å². The monoisotopic (exact) mass is 449 g/mol. The number of aryl methyl sites for hydroxylation is 1. The van der Waals surface area contributed by atoms with Gasteiger partial charge in [0.15, 0.2) is 0 Å². The Kier molecular flexibility index (Phi) is 6.12. The maximum Gasteiger partial charge on any atom is 0.417 e. The number of pyridine rings is 2. The van der Waals surface area contributed by atoms with Gasteiger partial charge in [0.25, 0.3) is 0 Å². The molecule has 1 N–H and O–H groups in total. The van der Waals surface area contributed by atoms with Gasteiger partial charge < -0.3 is 5.32 Å². The normalized spacial score (nSPS) is 11.3. The molecule has 0 atom stereocenters. The molecule has 0 spiro atoms. The SMILES string of the molecule is Cc1cc(-c2ccc(CC(=O)Nc3ccc(-c4cnccn4)cn3)cc2C(F)(F)F)ccn1. The second-order valence-corrected chi connectivity index (χ2v) is 7.31. The van der Waals surface area contributed by atoms with Crippen molar-refractivity contribution in [1.29, 1.82) is 0 Å². The van der Waals surface area contributed by atoms with Crippen LogP contribution in [0.2, 0.25) is 0 Å². The third-order valence-corrected chi connectivity index (χ3v) is 4.85. The lowest BCUT2D eigenvalue weighted by Crippen LogP contribution is -2.16. The average molecular weight is 449 g/mol. The Labute approximate surface area is 187 Å². The van der Waals surface area contributed by atoms with E-state index in [1.807, 2.05) is 0 Å².